The molecule has 1 amide bonds. The molecule has 6 nitrogen and oxygen atoms in total. The normalized spacial score (nSPS) is 10.1. The van der Waals surface area contributed by atoms with Gasteiger partial charge in [0.1, 0.15) is 17.1 Å². The number of ether oxygens (including phenoxy) is 1. The lowest BCUT2D eigenvalue weighted by atomic mass is 10.1. The fraction of sp³-hybridized carbons (Fsp3) is 0.0667. The second kappa shape index (κ2) is 6.36. The lowest BCUT2D eigenvalue weighted by Gasteiger charge is -2.09. The molecule has 0 saturated carbocycles. The Hall–Kier alpha value is -2.73. The Labute approximate surface area is 130 Å². The zero-order valence-electron chi connectivity index (χ0n) is 11.5. The molecular formula is C15H12ClNO5. The van der Waals surface area contributed by atoms with E-state index in [2.05, 4.69) is 5.32 Å². The molecule has 0 radical (unpaired) electrons. The highest BCUT2D eigenvalue weighted by molar-refractivity contribution is 6.32. The highest BCUT2D eigenvalue weighted by Crippen LogP contribution is 2.26. The van der Waals surface area contributed by atoms with Gasteiger partial charge in [0.05, 0.1) is 12.1 Å². The van der Waals surface area contributed by atoms with Crippen LogP contribution < -0.4 is 10.1 Å². The number of amides is 1. The standard InChI is InChI=1S/C15H12ClNO5/c1-22-13-5-2-8(6-11(13)16)14(19)17-9-3-4-12(18)10(7-9)15(20)21/h2-7,18H,1H3,(H,17,19)(H,20,21). The van der Waals surface area contributed by atoms with Crippen LogP contribution in [0.25, 0.3) is 0 Å². The van der Waals surface area contributed by atoms with Gasteiger partial charge in [-0.2, -0.15) is 0 Å². The third-order valence-electron chi connectivity index (χ3n) is 2.90. The van der Waals surface area contributed by atoms with Crippen molar-refractivity contribution in [3.8, 4) is 11.5 Å². The first-order valence-corrected chi connectivity index (χ1v) is 6.51. The summed E-state index contributed by atoms with van der Waals surface area (Å²) in [7, 11) is 1.46. The maximum absolute atomic E-state index is 12.1. The number of aromatic carboxylic acids is 1. The lowest BCUT2D eigenvalue weighted by Crippen LogP contribution is -2.12. The number of benzene rings is 2. The van der Waals surface area contributed by atoms with E-state index in [9.17, 15) is 14.7 Å². The van der Waals surface area contributed by atoms with Crippen LogP contribution in [0.4, 0.5) is 5.69 Å². The summed E-state index contributed by atoms with van der Waals surface area (Å²) in [6.45, 7) is 0. The summed E-state index contributed by atoms with van der Waals surface area (Å²) in [5, 5.41) is 21.2. The van der Waals surface area contributed by atoms with Gasteiger partial charge in [0, 0.05) is 11.3 Å². The van der Waals surface area contributed by atoms with E-state index in [1.165, 1.54) is 37.4 Å². The molecule has 0 unspecified atom stereocenters. The fourth-order valence-electron chi connectivity index (χ4n) is 1.80. The summed E-state index contributed by atoms with van der Waals surface area (Å²) >= 11 is 5.95. The molecule has 114 valence electrons. The van der Waals surface area contributed by atoms with Crippen LogP contribution in [-0.4, -0.2) is 29.2 Å². The molecule has 0 spiro atoms. The molecule has 0 fully saturated rings. The molecule has 0 bridgehead atoms. The largest absolute Gasteiger partial charge is 0.507 e. The fourth-order valence-corrected chi connectivity index (χ4v) is 2.05. The second-order valence-corrected chi connectivity index (χ2v) is 4.75. The van der Waals surface area contributed by atoms with Crippen LogP contribution in [-0.2, 0) is 0 Å². The highest BCUT2D eigenvalue weighted by Gasteiger charge is 2.13. The zero-order chi connectivity index (χ0) is 16.3. The number of halogens is 1. The molecule has 22 heavy (non-hydrogen) atoms. The van der Waals surface area contributed by atoms with Gasteiger partial charge in [-0.25, -0.2) is 4.79 Å². The first-order valence-electron chi connectivity index (χ1n) is 6.13. The van der Waals surface area contributed by atoms with Crippen LogP contribution in [0.3, 0.4) is 0 Å². The van der Waals surface area contributed by atoms with E-state index in [1.54, 1.807) is 6.07 Å². The van der Waals surface area contributed by atoms with Crippen LogP contribution in [0.2, 0.25) is 5.02 Å². The van der Waals surface area contributed by atoms with Gasteiger partial charge in [0.25, 0.3) is 5.91 Å². The molecule has 0 aromatic heterocycles. The molecule has 0 aliphatic rings. The van der Waals surface area contributed by atoms with Gasteiger partial charge < -0.3 is 20.3 Å². The molecule has 0 heterocycles. The van der Waals surface area contributed by atoms with Crippen molar-refractivity contribution in [3.05, 3.63) is 52.5 Å². The van der Waals surface area contributed by atoms with Crippen molar-refractivity contribution in [1.82, 2.24) is 0 Å². The Balaban J connectivity index is 2.24. The summed E-state index contributed by atoms with van der Waals surface area (Å²) in [5.41, 5.74) is 0.230. The molecule has 0 saturated heterocycles. The molecule has 2 aromatic carbocycles. The number of anilines is 1. The minimum Gasteiger partial charge on any atom is -0.507 e. The Morgan fingerprint density at radius 2 is 1.91 bits per heavy atom. The predicted molar refractivity (Wildman–Crippen MR) is 81.0 cm³/mol. The first-order chi connectivity index (χ1) is 10.4. The number of hydrogen-bond donors (Lipinski definition) is 3. The highest BCUT2D eigenvalue weighted by atomic mass is 35.5. The van der Waals surface area contributed by atoms with Crippen molar-refractivity contribution in [1.29, 1.82) is 0 Å². The van der Waals surface area contributed by atoms with E-state index in [0.717, 1.165) is 0 Å². The van der Waals surface area contributed by atoms with Crippen molar-refractivity contribution >= 4 is 29.2 Å². The topological polar surface area (TPSA) is 95.9 Å². The minimum absolute atomic E-state index is 0.243. The second-order valence-electron chi connectivity index (χ2n) is 4.34. The van der Waals surface area contributed by atoms with E-state index in [1.807, 2.05) is 0 Å². The average molecular weight is 322 g/mol. The number of rotatable bonds is 4. The van der Waals surface area contributed by atoms with Crippen LogP contribution in [0.5, 0.6) is 11.5 Å². The summed E-state index contributed by atoms with van der Waals surface area (Å²) < 4.78 is 5.00. The minimum atomic E-state index is -1.29. The van der Waals surface area contributed by atoms with Crippen LogP contribution in [0.15, 0.2) is 36.4 Å². The van der Waals surface area contributed by atoms with Crippen LogP contribution in [0, 0.1) is 0 Å². The average Bonchev–Trinajstić information content (AvgIpc) is 2.48. The number of carbonyl (C=O) groups is 2. The van der Waals surface area contributed by atoms with Crippen molar-refractivity contribution < 1.29 is 24.5 Å². The Kier molecular flexibility index (Phi) is 4.53. The number of aromatic hydroxyl groups is 1. The summed E-state index contributed by atoms with van der Waals surface area (Å²) in [6, 6.07) is 8.27. The van der Waals surface area contributed by atoms with E-state index in [-0.39, 0.29) is 27.6 Å². The smallest absolute Gasteiger partial charge is 0.339 e. The maximum atomic E-state index is 12.1. The Bertz CT molecular complexity index is 745. The van der Waals surface area contributed by atoms with E-state index >= 15 is 0 Å². The molecule has 3 N–H and O–H groups in total. The van der Waals surface area contributed by atoms with E-state index in [0.29, 0.717) is 5.75 Å². The maximum Gasteiger partial charge on any atom is 0.339 e. The van der Waals surface area contributed by atoms with Gasteiger partial charge in [-0.15, -0.1) is 0 Å². The molecule has 0 atom stereocenters. The van der Waals surface area contributed by atoms with Gasteiger partial charge in [0.15, 0.2) is 0 Å². The van der Waals surface area contributed by atoms with Crippen LogP contribution in [0.1, 0.15) is 20.7 Å². The third kappa shape index (κ3) is 3.29. The SMILES string of the molecule is COc1ccc(C(=O)Nc2ccc(O)c(C(=O)O)c2)cc1Cl. The molecule has 2 aromatic rings. The van der Waals surface area contributed by atoms with Gasteiger partial charge in [-0.3, -0.25) is 4.79 Å². The van der Waals surface area contributed by atoms with Crippen molar-refractivity contribution in [3.63, 3.8) is 0 Å². The number of nitrogens with one attached hydrogen (secondary N) is 1. The van der Waals surface area contributed by atoms with Gasteiger partial charge in [-0.05, 0) is 36.4 Å². The van der Waals surface area contributed by atoms with Crippen molar-refractivity contribution in [2.24, 2.45) is 0 Å². The number of carbonyl (C=O) groups excluding carboxylic acids is 1. The van der Waals surface area contributed by atoms with E-state index in [4.69, 9.17) is 21.4 Å². The summed E-state index contributed by atoms with van der Waals surface area (Å²) in [4.78, 5) is 23.1. The summed E-state index contributed by atoms with van der Waals surface area (Å²) in [6.07, 6.45) is 0. The van der Waals surface area contributed by atoms with Crippen molar-refractivity contribution in [2.45, 2.75) is 0 Å². The molecule has 2 rings (SSSR count). The molecular weight excluding hydrogens is 310 g/mol. The van der Waals surface area contributed by atoms with Crippen molar-refractivity contribution in [2.75, 3.05) is 12.4 Å². The molecule has 0 aliphatic heterocycles. The lowest BCUT2D eigenvalue weighted by molar-refractivity contribution is 0.0693. The molecule has 7 heteroatoms. The number of carboxylic acid groups (broad SMARTS) is 1. The van der Waals surface area contributed by atoms with Gasteiger partial charge >= 0.3 is 5.97 Å². The number of phenols is 1. The van der Waals surface area contributed by atoms with Gasteiger partial charge in [-0.1, -0.05) is 11.6 Å². The van der Waals surface area contributed by atoms with Gasteiger partial charge in [0.2, 0.25) is 0 Å². The number of methoxy groups -OCH3 is 1. The monoisotopic (exact) mass is 321 g/mol. The first kappa shape index (κ1) is 15.7. The van der Waals surface area contributed by atoms with E-state index < -0.39 is 11.9 Å². The van der Waals surface area contributed by atoms with Crippen LogP contribution >= 0.6 is 11.6 Å². The third-order valence-corrected chi connectivity index (χ3v) is 3.19. The number of carboxylic acids is 1. The Morgan fingerprint density at radius 3 is 2.50 bits per heavy atom. The molecule has 0 aliphatic carbocycles. The number of hydrogen-bond acceptors (Lipinski definition) is 4. The Morgan fingerprint density at radius 1 is 1.18 bits per heavy atom. The summed E-state index contributed by atoms with van der Waals surface area (Å²) in [5.74, 6) is -1.69. The predicted octanol–water partition coefficient (Wildman–Crippen LogP) is 3.00. The zero-order valence-corrected chi connectivity index (χ0v) is 12.2. The quantitative estimate of drug-likeness (QED) is 0.752.